The van der Waals surface area contributed by atoms with E-state index in [2.05, 4.69) is 22.3 Å². The summed E-state index contributed by atoms with van der Waals surface area (Å²) in [5, 5.41) is 3.91. The Bertz CT molecular complexity index is 991. The van der Waals surface area contributed by atoms with Crippen LogP contribution in [0.25, 0.3) is 11.0 Å². The fraction of sp³-hybridized carbons (Fsp3) is 0.348. The van der Waals surface area contributed by atoms with E-state index in [1.807, 2.05) is 37.3 Å². The second-order valence-electron chi connectivity index (χ2n) is 7.14. The first kappa shape index (κ1) is 19.3. The lowest BCUT2D eigenvalue weighted by atomic mass is 10.1. The Kier molecular flexibility index (Phi) is 5.71. The van der Waals surface area contributed by atoms with Gasteiger partial charge in [-0.25, -0.2) is 0 Å². The molecule has 29 heavy (non-hydrogen) atoms. The van der Waals surface area contributed by atoms with Gasteiger partial charge in [0.25, 0.3) is 5.91 Å². The van der Waals surface area contributed by atoms with Crippen LogP contribution in [0, 0.1) is 6.92 Å². The highest BCUT2D eigenvalue weighted by Gasteiger charge is 2.25. The zero-order valence-corrected chi connectivity index (χ0v) is 16.9. The lowest BCUT2D eigenvalue weighted by molar-refractivity contribution is 0.0927. The van der Waals surface area contributed by atoms with Crippen LogP contribution < -0.4 is 15.0 Å². The van der Waals surface area contributed by atoms with Crippen LogP contribution in [-0.4, -0.2) is 45.9 Å². The molecule has 0 saturated carbocycles. The molecule has 1 amide bonds. The zero-order chi connectivity index (χ0) is 20.2. The number of anilines is 1. The van der Waals surface area contributed by atoms with Crippen molar-refractivity contribution in [2.24, 2.45) is 0 Å². The maximum atomic E-state index is 12.8. The number of rotatable bonds is 6. The van der Waals surface area contributed by atoms with Crippen molar-refractivity contribution in [2.75, 3.05) is 44.9 Å². The van der Waals surface area contributed by atoms with Gasteiger partial charge in [-0.3, -0.25) is 4.79 Å². The van der Waals surface area contributed by atoms with Crippen molar-refractivity contribution in [3.05, 3.63) is 59.4 Å². The monoisotopic (exact) mass is 394 g/mol. The molecule has 1 aliphatic rings. The van der Waals surface area contributed by atoms with Crippen LogP contribution in [-0.2, 0) is 11.2 Å². The summed E-state index contributed by atoms with van der Waals surface area (Å²) in [6.07, 6.45) is 0.772. The minimum Gasteiger partial charge on any atom is -0.493 e. The first-order valence-corrected chi connectivity index (χ1v) is 9.94. The van der Waals surface area contributed by atoms with Gasteiger partial charge in [0.2, 0.25) is 0 Å². The van der Waals surface area contributed by atoms with Crippen LogP contribution in [0.3, 0.4) is 0 Å². The number of amides is 1. The smallest absolute Gasteiger partial charge is 0.287 e. The number of benzene rings is 2. The van der Waals surface area contributed by atoms with Gasteiger partial charge in [0.1, 0.15) is 0 Å². The molecule has 3 aromatic rings. The van der Waals surface area contributed by atoms with Crippen LogP contribution in [0.5, 0.6) is 5.75 Å². The normalized spacial score (nSPS) is 14.2. The third-order valence-corrected chi connectivity index (χ3v) is 5.34. The van der Waals surface area contributed by atoms with Crippen molar-refractivity contribution in [1.82, 2.24) is 5.32 Å². The third kappa shape index (κ3) is 3.93. The quantitative estimate of drug-likeness (QED) is 0.693. The van der Waals surface area contributed by atoms with Crippen molar-refractivity contribution in [2.45, 2.75) is 13.3 Å². The van der Waals surface area contributed by atoms with Gasteiger partial charge in [0.15, 0.2) is 17.1 Å². The molecule has 1 aliphatic heterocycles. The summed E-state index contributed by atoms with van der Waals surface area (Å²) in [7, 11) is 1.61. The van der Waals surface area contributed by atoms with E-state index in [4.69, 9.17) is 13.9 Å². The minimum absolute atomic E-state index is 0.204. The highest BCUT2D eigenvalue weighted by molar-refractivity contribution is 6.05. The lowest BCUT2D eigenvalue weighted by Crippen LogP contribution is -2.36. The third-order valence-electron chi connectivity index (χ3n) is 5.34. The molecule has 4 rings (SSSR count). The number of hydrogen-bond donors (Lipinski definition) is 1. The molecule has 2 heterocycles. The molecule has 0 aliphatic carbocycles. The van der Waals surface area contributed by atoms with E-state index in [-0.39, 0.29) is 5.91 Å². The average molecular weight is 394 g/mol. The largest absolute Gasteiger partial charge is 0.493 e. The zero-order valence-electron chi connectivity index (χ0n) is 16.9. The molecule has 6 nitrogen and oxygen atoms in total. The van der Waals surface area contributed by atoms with Crippen LogP contribution in [0.4, 0.5) is 5.69 Å². The van der Waals surface area contributed by atoms with Gasteiger partial charge in [0.05, 0.1) is 25.7 Å². The highest BCUT2D eigenvalue weighted by Crippen LogP contribution is 2.39. The number of fused-ring (bicyclic) bond motifs is 1. The van der Waals surface area contributed by atoms with E-state index in [9.17, 15) is 4.79 Å². The van der Waals surface area contributed by atoms with Crippen molar-refractivity contribution < 1.29 is 18.7 Å². The number of furan rings is 1. The van der Waals surface area contributed by atoms with E-state index in [0.717, 1.165) is 36.1 Å². The Morgan fingerprint density at radius 3 is 2.62 bits per heavy atom. The Morgan fingerprint density at radius 2 is 1.90 bits per heavy atom. The van der Waals surface area contributed by atoms with Gasteiger partial charge in [-0.2, -0.15) is 0 Å². The molecule has 1 saturated heterocycles. The van der Waals surface area contributed by atoms with Crippen molar-refractivity contribution in [3.63, 3.8) is 0 Å². The molecule has 2 aromatic carbocycles. The molecule has 0 radical (unpaired) electrons. The molecule has 0 atom stereocenters. The van der Waals surface area contributed by atoms with E-state index >= 15 is 0 Å². The summed E-state index contributed by atoms with van der Waals surface area (Å²) < 4.78 is 17.0. The predicted octanol–water partition coefficient (Wildman–Crippen LogP) is 3.56. The molecular formula is C23H26N2O4. The molecule has 152 valence electrons. The van der Waals surface area contributed by atoms with Gasteiger partial charge in [-0.05, 0) is 31.0 Å². The van der Waals surface area contributed by atoms with Crippen LogP contribution in [0.15, 0.2) is 46.9 Å². The first-order valence-electron chi connectivity index (χ1n) is 9.94. The SMILES string of the molecule is COc1ccc(N2CCOCC2)c2c(C)c(C(=O)NCCc3ccccc3)oc12. The van der Waals surface area contributed by atoms with Crippen LogP contribution >= 0.6 is 0 Å². The first-order chi connectivity index (χ1) is 14.2. The highest BCUT2D eigenvalue weighted by atomic mass is 16.5. The topological polar surface area (TPSA) is 63.9 Å². The van der Waals surface area contributed by atoms with Crippen LogP contribution in [0.1, 0.15) is 21.7 Å². The van der Waals surface area contributed by atoms with E-state index in [1.165, 1.54) is 5.56 Å². The lowest BCUT2D eigenvalue weighted by Gasteiger charge is -2.29. The molecule has 1 aromatic heterocycles. The second kappa shape index (κ2) is 8.57. The number of ether oxygens (including phenoxy) is 2. The maximum absolute atomic E-state index is 12.8. The fourth-order valence-electron chi connectivity index (χ4n) is 3.80. The fourth-order valence-corrected chi connectivity index (χ4v) is 3.80. The van der Waals surface area contributed by atoms with Crippen molar-refractivity contribution in [1.29, 1.82) is 0 Å². The number of carbonyl (C=O) groups excluding carboxylic acids is 1. The number of hydrogen-bond acceptors (Lipinski definition) is 5. The summed E-state index contributed by atoms with van der Waals surface area (Å²) in [6.45, 7) is 5.48. The molecule has 0 bridgehead atoms. The van der Waals surface area contributed by atoms with Crippen molar-refractivity contribution in [3.8, 4) is 5.75 Å². The van der Waals surface area contributed by atoms with E-state index < -0.39 is 0 Å². The second-order valence-corrected chi connectivity index (χ2v) is 7.14. The van der Waals surface area contributed by atoms with Gasteiger partial charge < -0.3 is 24.1 Å². The summed E-state index contributed by atoms with van der Waals surface area (Å²) in [6, 6.07) is 14.0. The van der Waals surface area contributed by atoms with Gasteiger partial charge in [-0.1, -0.05) is 30.3 Å². The summed E-state index contributed by atoms with van der Waals surface area (Å²) in [5.74, 6) is 0.764. The number of carbonyl (C=O) groups is 1. The number of nitrogens with one attached hydrogen (secondary N) is 1. The van der Waals surface area contributed by atoms with Gasteiger partial charge >= 0.3 is 0 Å². The van der Waals surface area contributed by atoms with Crippen LogP contribution in [0.2, 0.25) is 0 Å². The Balaban J connectivity index is 1.60. The Labute approximate surface area is 170 Å². The van der Waals surface area contributed by atoms with E-state index in [1.54, 1.807) is 7.11 Å². The Hall–Kier alpha value is -2.99. The van der Waals surface area contributed by atoms with Crippen molar-refractivity contribution >= 4 is 22.6 Å². The molecule has 0 unspecified atom stereocenters. The molecule has 1 fully saturated rings. The summed E-state index contributed by atoms with van der Waals surface area (Å²) in [4.78, 5) is 15.1. The van der Waals surface area contributed by atoms with E-state index in [0.29, 0.717) is 36.9 Å². The number of nitrogens with zero attached hydrogens (tertiary/aromatic N) is 1. The average Bonchev–Trinajstić information content (AvgIpc) is 3.12. The minimum atomic E-state index is -0.204. The maximum Gasteiger partial charge on any atom is 0.287 e. The molecule has 0 spiro atoms. The molecule has 1 N–H and O–H groups in total. The number of aryl methyl sites for hydroxylation is 1. The molecular weight excluding hydrogens is 368 g/mol. The predicted molar refractivity (Wildman–Crippen MR) is 113 cm³/mol. The standard InChI is InChI=1S/C23H26N2O4/c1-16-20-18(25-12-14-28-15-13-25)8-9-19(27-2)22(20)29-21(16)23(26)24-11-10-17-6-4-3-5-7-17/h3-9H,10-15H2,1-2H3,(H,24,26). The van der Waals surface area contributed by atoms with Gasteiger partial charge in [0, 0.05) is 30.9 Å². The summed E-state index contributed by atoms with van der Waals surface area (Å²) >= 11 is 0. The van der Waals surface area contributed by atoms with Gasteiger partial charge in [-0.15, -0.1) is 0 Å². The Morgan fingerprint density at radius 1 is 1.14 bits per heavy atom. The molecule has 6 heteroatoms. The number of methoxy groups -OCH3 is 1. The number of morpholine rings is 1. The summed E-state index contributed by atoms with van der Waals surface area (Å²) in [5.41, 5.74) is 3.68.